The molecule has 4 heterocycles. The van der Waals surface area contributed by atoms with Crippen molar-refractivity contribution in [2.24, 2.45) is 7.05 Å². The maximum absolute atomic E-state index is 15.3. The minimum Gasteiger partial charge on any atom is -0.355 e. The predicted octanol–water partition coefficient (Wildman–Crippen LogP) is 3.28. The number of benzene rings is 1. The normalized spacial score (nSPS) is 22.1. The Bertz CT molecular complexity index is 1360. The lowest BCUT2D eigenvalue weighted by atomic mass is 9.88. The van der Waals surface area contributed by atoms with Crippen molar-refractivity contribution in [3.05, 3.63) is 45.8 Å². The van der Waals surface area contributed by atoms with Crippen LogP contribution in [0.2, 0.25) is 0 Å². The number of hydrogen-bond donors (Lipinski definition) is 1. The molecule has 0 amide bonds. The van der Waals surface area contributed by atoms with Gasteiger partial charge in [0.15, 0.2) is 0 Å². The van der Waals surface area contributed by atoms with Crippen molar-refractivity contribution >= 4 is 17.5 Å². The Labute approximate surface area is 215 Å². The standard InChI is InChI=1S/C26H34FN9O/c1-16-15-28-25(30-24(16)33(2)21-8-6-12-35-11-5-4-7-22(21)35)29-20-14-23(36-26(37)34(3)31-32-36)18(13-19(20)27)17-9-10-17/h13-15,17,21-22H,4-12H2,1-3H3,(H,28,29,30)/t21-,22+/m0/s1. The summed E-state index contributed by atoms with van der Waals surface area (Å²) in [5.74, 6) is 0.986. The molecule has 3 aliphatic rings. The molecule has 1 saturated carbocycles. The minimum absolute atomic E-state index is 0.200. The van der Waals surface area contributed by atoms with Crippen LogP contribution in [-0.2, 0) is 7.05 Å². The molecule has 0 radical (unpaired) electrons. The summed E-state index contributed by atoms with van der Waals surface area (Å²) in [7, 11) is 3.66. The van der Waals surface area contributed by atoms with Crippen molar-refractivity contribution in [2.45, 2.75) is 69.9 Å². The van der Waals surface area contributed by atoms with Gasteiger partial charge in [-0.2, -0.15) is 14.3 Å². The second kappa shape index (κ2) is 9.51. The van der Waals surface area contributed by atoms with Crippen LogP contribution in [0.5, 0.6) is 0 Å². The van der Waals surface area contributed by atoms with Crippen LogP contribution in [0.25, 0.3) is 5.69 Å². The zero-order chi connectivity index (χ0) is 25.7. The fourth-order valence-electron chi connectivity index (χ4n) is 6.05. The summed E-state index contributed by atoms with van der Waals surface area (Å²) in [5.41, 5.74) is 2.11. The summed E-state index contributed by atoms with van der Waals surface area (Å²) in [6.07, 6.45) is 9.80. The number of rotatable bonds is 6. The molecule has 2 saturated heterocycles. The molecule has 2 aliphatic heterocycles. The molecule has 2 aromatic heterocycles. The molecule has 2 atom stereocenters. The van der Waals surface area contributed by atoms with E-state index in [0.717, 1.165) is 40.9 Å². The minimum atomic E-state index is -0.410. The third-order valence-electron chi connectivity index (χ3n) is 8.16. The van der Waals surface area contributed by atoms with Gasteiger partial charge >= 0.3 is 5.69 Å². The Hall–Kier alpha value is -3.34. The van der Waals surface area contributed by atoms with Gasteiger partial charge < -0.3 is 10.2 Å². The highest BCUT2D eigenvalue weighted by Gasteiger charge is 2.36. The van der Waals surface area contributed by atoms with Crippen LogP contribution < -0.4 is 15.9 Å². The van der Waals surface area contributed by atoms with Gasteiger partial charge in [-0.3, -0.25) is 4.90 Å². The summed E-state index contributed by atoms with van der Waals surface area (Å²) >= 11 is 0. The number of likely N-dealkylation sites (N-methyl/N-ethyl adjacent to an activating group) is 1. The average molecular weight is 508 g/mol. The first-order valence-corrected chi connectivity index (χ1v) is 13.3. The molecule has 0 bridgehead atoms. The van der Waals surface area contributed by atoms with E-state index in [1.54, 1.807) is 19.3 Å². The Morgan fingerprint density at radius 3 is 2.65 bits per heavy atom. The van der Waals surface area contributed by atoms with Gasteiger partial charge in [-0.1, -0.05) is 6.42 Å². The molecule has 11 heteroatoms. The summed E-state index contributed by atoms with van der Waals surface area (Å²) in [6.45, 7) is 4.37. The highest BCUT2D eigenvalue weighted by molar-refractivity contribution is 5.63. The quantitative estimate of drug-likeness (QED) is 0.543. The Morgan fingerprint density at radius 1 is 1.08 bits per heavy atom. The van der Waals surface area contributed by atoms with Gasteiger partial charge in [-0.15, -0.1) is 0 Å². The Kier molecular flexibility index (Phi) is 6.18. The van der Waals surface area contributed by atoms with Crippen LogP contribution >= 0.6 is 0 Å². The van der Waals surface area contributed by atoms with Crippen molar-refractivity contribution < 1.29 is 4.39 Å². The SMILES string of the molecule is Cc1cnc(Nc2cc(-n3nnn(C)c3=O)c(C3CC3)cc2F)nc1N(C)[C@H]1CCCN2CCCC[C@H]12. The van der Waals surface area contributed by atoms with Gasteiger partial charge in [0.25, 0.3) is 0 Å². The number of aryl methyl sites for hydroxylation is 2. The van der Waals surface area contributed by atoms with E-state index in [1.807, 2.05) is 6.92 Å². The summed E-state index contributed by atoms with van der Waals surface area (Å²) in [6, 6.07) is 4.04. The summed E-state index contributed by atoms with van der Waals surface area (Å²) in [4.78, 5) is 26.8. The molecule has 3 aromatic rings. The fourth-order valence-corrected chi connectivity index (χ4v) is 6.05. The molecule has 6 rings (SSSR count). The smallest absolute Gasteiger partial charge is 0.355 e. The highest BCUT2D eigenvalue weighted by Crippen LogP contribution is 2.44. The van der Waals surface area contributed by atoms with Crippen molar-refractivity contribution in [1.82, 2.24) is 34.7 Å². The molecule has 0 spiro atoms. The highest BCUT2D eigenvalue weighted by atomic mass is 19.1. The lowest BCUT2D eigenvalue weighted by Gasteiger charge is -2.47. The van der Waals surface area contributed by atoms with E-state index < -0.39 is 5.82 Å². The second-order valence-corrected chi connectivity index (χ2v) is 10.7. The molecular weight excluding hydrogens is 473 g/mol. The summed E-state index contributed by atoms with van der Waals surface area (Å²) in [5, 5.41) is 10.9. The molecule has 1 aliphatic carbocycles. The van der Waals surface area contributed by atoms with Crippen molar-refractivity contribution in [3.8, 4) is 5.69 Å². The number of halogens is 1. The van der Waals surface area contributed by atoms with Crippen LogP contribution in [0, 0.1) is 12.7 Å². The van der Waals surface area contributed by atoms with E-state index in [-0.39, 0.29) is 17.3 Å². The number of nitrogens with zero attached hydrogens (tertiary/aromatic N) is 8. The zero-order valence-corrected chi connectivity index (χ0v) is 21.7. The lowest BCUT2D eigenvalue weighted by Crippen LogP contribution is -2.56. The van der Waals surface area contributed by atoms with Crippen LogP contribution in [0.15, 0.2) is 23.1 Å². The number of aromatic nitrogens is 6. The number of nitrogens with one attached hydrogen (secondary N) is 1. The maximum Gasteiger partial charge on any atom is 0.368 e. The topological polar surface area (TPSA) is 97.0 Å². The molecule has 10 nitrogen and oxygen atoms in total. The number of piperidine rings is 2. The van der Waals surface area contributed by atoms with Crippen LogP contribution in [0.1, 0.15) is 62.0 Å². The van der Waals surface area contributed by atoms with E-state index in [2.05, 4.69) is 37.6 Å². The van der Waals surface area contributed by atoms with E-state index >= 15 is 4.39 Å². The third-order valence-corrected chi connectivity index (χ3v) is 8.16. The maximum atomic E-state index is 15.3. The molecular formula is C26H34FN9O. The van der Waals surface area contributed by atoms with E-state index in [0.29, 0.717) is 23.7 Å². The van der Waals surface area contributed by atoms with E-state index in [9.17, 15) is 4.79 Å². The van der Waals surface area contributed by atoms with Gasteiger partial charge in [0.05, 0.1) is 11.4 Å². The molecule has 3 fully saturated rings. The largest absolute Gasteiger partial charge is 0.368 e. The first kappa shape index (κ1) is 24.0. The Morgan fingerprint density at radius 2 is 1.89 bits per heavy atom. The average Bonchev–Trinajstić information content (AvgIpc) is 3.70. The third kappa shape index (κ3) is 4.49. The number of fused-ring (bicyclic) bond motifs is 1. The number of hydrogen-bond acceptors (Lipinski definition) is 8. The molecule has 1 N–H and O–H groups in total. The molecule has 0 unspecified atom stereocenters. The van der Waals surface area contributed by atoms with Gasteiger partial charge in [0.2, 0.25) is 5.95 Å². The molecule has 37 heavy (non-hydrogen) atoms. The van der Waals surface area contributed by atoms with Gasteiger partial charge in [0, 0.05) is 37.9 Å². The van der Waals surface area contributed by atoms with Crippen LogP contribution in [0.4, 0.5) is 21.8 Å². The van der Waals surface area contributed by atoms with E-state index in [4.69, 9.17) is 4.98 Å². The first-order valence-electron chi connectivity index (χ1n) is 13.3. The fraction of sp³-hybridized carbons (Fsp3) is 0.577. The van der Waals surface area contributed by atoms with Gasteiger partial charge in [0.1, 0.15) is 11.6 Å². The van der Waals surface area contributed by atoms with Crippen molar-refractivity contribution in [2.75, 3.05) is 30.4 Å². The van der Waals surface area contributed by atoms with E-state index in [1.165, 1.54) is 49.5 Å². The van der Waals surface area contributed by atoms with Crippen LogP contribution in [-0.4, -0.2) is 66.9 Å². The Balaban J connectivity index is 1.31. The molecule has 196 valence electrons. The first-order chi connectivity index (χ1) is 17.9. The van der Waals surface area contributed by atoms with Crippen LogP contribution in [0.3, 0.4) is 0 Å². The van der Waals surface area contributed by atoms with Gasteiger partial charge in [-0.25, -0.2) is 14.2 Å². The zero-order valence-electron chi connectivity index (χ0n) is 21.7. The number of tetrazole rings is 1. The second-order valence-electron chi connectivity index (χ2n) is 10.7. The molecule has 1 aromatic carbocycles. The monoisotopic (exact) mass is 507 g/mol. The predicted molar refractivity (Wildman–Crippen MR) is 139 cm³/mol. The van der Waals surface area contributed by atoms with Crippen molar-refractivity contribution in [1.29, 1.82) is 0 Å². The van der Waals surface area contributed by atoms with Crippen molar-refractivity contribution in [3.63, 3.8) is 0 Å². The summed E-state index contributed by atoms with van der Waals surface area (Å²) < 4.78 is 17.7. The van der Waals surface area contributed by atoms with Gasteiger partial charge in [-0.05, 0) is 92.6 Å². The number of anilines is 3. The lowest BCUT2D eigenvalue weighted by molar-refractivity contribution is 0.0893.